The summed E-state index contributed by atoms with van der Waals surface area (Å²) >= 11 is 12.3. The molecule has 2 nitrogen and oxygen atoms in total. The average molecular weight is 376 g/mol. The summed E-state index contributed by atoms with van der Waals surface area (Å²) in [5.41, 5.74) is 2.11. The Kier molecular flexibility index (Phi) is 6.19. The number of hydrogen-bond acceptors (Lipinski definition) is 2. The monoisotopic (exact) mass is 375 g/mol. The van der Waals surface area contributed by atoms with E-state index in [-0.39, 0.29) is 12.1 Å². The van der Waals surface area contributed by atoms with Gasteiger partial charge in [-0.15, -0.1) is 6.58 Å². The van der Waals surface area contributed by atoms with E-state index >= 15 is 0 Å². The molecule has 0 aliphatic carbocycles. The first-order valence-corrected chi connectivity index (χ1v) is 9.41. The van der Waals surface area contributed by atoms with Crippen molar-refractivity contribution in [2.75, 3.05) is 6.54 Å². The lowest BCUT2D eigenvalue weighted by atomic mass is 9.94. The summed E-state index contributed by atoms with van der Waals surface area (Å²) < 4.78 is 0. The Morgan fingerprint density at radius 2 is 1.92 bits per heavy atom. The minimum absolute atomic E-state index is 0.138. The van der Waals surface area contributed by atoms with Crippen LogP contribution in [0.1, 0.15) is 30.0 Å². The van der Waals surface area contributed by atoms with Crippen molar-refractivity contribution in [1.29, 1.82) is 0 Å². The smallest absolute Gasteiger partial charge is 0.0777 e. The topological polar surface area (TPSA) is 23.5 Å². The van der Waals surface area contributed by atoms with Crippen LogP contribution in [0.4, 0.5) is 0 Å². The molecule has 1 aliphatic rings. The third-order valence-electron chi connectivity index (χ3n) is 4.91. The van der Waals surface area contributed by atoms with Gasteiger partial charge in [-0.3, -0.25) is 4.90 Å². The second-order valence-electron chi connectivity index (χ2n) is 6.56. The Labute approximate surface area is 159 Å². The molecule has 3 atom stereocenters. The zero-order chi connectivity index (χ0) is 17.8. The highest BCUT2D eigenvalue weighted by molar-refractivity contribution is 6.42. The van der Waals surface area contributed by atoms with E-state index in [1.54, 1.807) is 6.07 Å². The Balaban J connectivity index is 1.93. The van der Waals surface area contributed by atoms with Gasteiger partial charge < -0.3 is 5.11 Å². The minimum atomic E-state index is -0.541. The van der Waals surface area contributed by atoms with Gasteiger partial charge in [0.05, 0.1) is 22.2 Å². The largest absolute Gasteiger partial charge is 0.391 e. The molecule has 4 heteroatoms. The van der Waals surface area contributed by atoms with Crippen molar-refractivity contribution in [3.8, 4) is 0 Å². The zero-order valence-electron chi connectivity index (χ0n) is 14.1. The molecule has 1 heterocycles. The molecule has 3 rings (SSSR count). The highest BCUT2D eigenvalue weighted by Gasteiger charge is 2.34. The summed E-state index contributed by atoms with van der Waals surface area (Å²) in [6.07, 6.45) is 4.20. The molecule has 1 fully saturated rings. The minimum Gasteiger partial charge on any atom is -0.391 e. The fourth-order valence-corrected chi connectivity index (χ4v) is 4.02. The number of aliphatic hydroxyl groups excluding tert-OH is 1. The molecule has 0 bridgehead atoms. The Morgan fingerprint density at radius 3 is 2.60 bits per heavy atom. The van der Waals surface area contributed by atoms with Crippen LogP contribution < -0.4 is 0 Å². The van der Waals surface area contributed by atoms with Crippen LogP contribution in [0, 0.1) is 0 Å². The maximum atomic E-state index is 11.1. The van der Waals surface area contributed by atoms with E-state index in [0.717, 1.165) is 30.5 Å². The van der Waals surface area contributed by atoms with Crippen molar-refractivity contribution < 1.29 is 5.11 Å². The predicted molar refractivity (Wildman–Crippen MR) is 105 cm³/mol. The van der Waals surface area contributed by atoms with Crippen LogP contribution in [-0.4, -0.2) is 28.7 Å². The second-order valence-corrected chi connectivity index (χ2v) is 7.37. The quantitative estimate of drug-likeness (QED) is 0.693. The van der Waals surface area contributed by atoms with Gasteiger partial charge >= 0.3 is 0 Å². The molecule has 0 amide bonds. The van der Waals surface area contributed by atoms with Gasteiger partial charge in [-0.25, -0.2) is 0 Å². The van der Waals surface area contributed by atoms with Gasteiger partial charge in [0.1, 0.15) is 0 Å². The lowest BCUT2D eigenvalue weighted by molar-refractivity contribution is 0.0496. The first-order valence-electron chi connectivity index (χ1n) is 8.65. The molecule has 0 saturated carbocycles. The molecule has 132 valence electrons. The van der Waals surface area contributed by atoms with Crippen molar-refractivity contribution in [1.82, 2.24) is 4.90 Å². The average Bonchev–Trinajstić information content (AvgIpc) is 3.07. The van der Waals surface area contributed by atoms with Gasteiger partial charge in [0.15, 0.2) is 0 Å². The molecule has 0 radical (unpaired) electrons. The Bertz CT molecular complexity index is 719. The van der Waals surface area contributed by atoms with Crippen LogP contribution in [0.15, 0.2) is 61.2 Å². The van der Waals surface area contributed by atoms with E-state index in [1.807, 2.05) is 48.5 Å². The molecule has 2 aromatic carbocycles. The van der Waals surface area contributed by atoms with E-state index in [1.165, 1.54) is 0 Å². The molecule has 2 aromatic rings. The highest BCUT2D eigenvalue weighted by atomic mass is 35.5. The third-order valence-corrected chi connectivity index (χ3v) is 5.65. The molecular formula is C21H23Cl2NO. The van der Waals surface area contributed by atoms with Crippen LogP contribution in [0.5, 0.6) is 0 Å². The molecule has 0 spiro atoms. The highest BCUT2D eigenvalue weighted by Crippen LogP contribution is 2.36. The van der Waals surface area contributed by atoms with Crippen molar-refractivity contribution in [3.63, 3.8) is 0 Å². The van der Waals surface area contributed by atoms with Crippen LogP contribution >= 0.6 is 23.2 Å². The van der Waals surface area contributed by atoms with E-state index in [0.29, 0.717) is 16.5 Å². The normalized spacial score (nSPS) is 20.4. The lowest BCUT2D eigenvalue weighted by Crippen LogP contribution is -2.40. The van der Waals surface area contributed by atoms with Gasteiger partial charge in [0.2, 0.25) is 0 Å². The second kappa shape index (κ2) is 8.37. The number of aliphatic hydroxyl groups is 1. The van der Waals surface area contributed by atoms with E-state index < -0.39 is 6.10 Å². The van der Waals surface area contributed by atoms with Crippen LogP contribution in [0.2, 0.25) is 10.0 Å². The number of halogens is 2. The van der Waals surface area contributed by atoms with Crippen molar-refractivity contribution in [2.45, 2.75) is 37.5 Å². The SMILES string of the molecule is C=CC1CCCN1[C@H](c1ccc(Cl)c(Cl)c1)[C@@H](O)Cc1ccccc1. The number of hydrogen-bond donors (Lipinski definition) is 1. The summed E-state index contributed by atoms with van der Waals surface area (Å²) in [7, 11) is 0. The molecule has 0 aromatic heterocycles. The maximum absolute atomic E-state index is 11.1. The third kappa shape index (κ3) is 4.27. The van der Waals surface area contributed by atoms with Gasteiger partial charge in [-0.2, -0.15) is 0 Å². The Hall–Kier alpha value is -1.32. The van der Waals surface area contributed by atoms with Crippen LogP contribution in [-0.2, 0) is 6.42 Å². The molecule has 1 unspecified atom stereocenters. The standard InChI is InChI=1S/C21H23Cl2NO/c1-2-17-9-6-12-24(17)21(16-10-11-18(22)19(23)14-16)20(25)13-15-7-4-3-5-8-15/h2-5,7-8,10-11,14,17,20-21,25H,1,6,9,12-13H2/t17?,20-,21+/m0/s1. The predicted octanol–water partition coefficient (Wildman–Crippen LogP) is 5.29. The van der Waals surface area contributed by atoms with Crippen molar-refractivity contribution >= 4 is 23.2 Å². The Morgan fingerprint density at radius 1 is 1.16 bits per heavy atom. The summed E-state index contributed by atoms with van der Waals surface area (Å²) in [5, 5.41) is 12.1. The lowest BCUT2D eigenvalue weighted by Gasteiger charge is -2.35. The number of benzene rings is 2. The summed E-state index contributed by atoms with van der Waals surface area (Å²) in [6.45, 7) is 4.91. The molecule has 1 aliphatic heterocycles. The molecule has 1 saturated heterocycles. The van der Waals surface area contributed by atoms with Gasteiger partial charge in [0.25, 0.3) is 0 Å². The number of nitrogens with zero attached hydrogens (tertiary/aromatic N) is 1. The van der Waals surface area contributed by atoms with Gasteiger partial charge in [-0.05, 0) is 42.6 Å². The number of likely N-dealkylation sites (tertiary alicyclic amines) is 1. The van der Waals surface area contributed by atoms with E-state index in [4.69, 9.17) is 23.2 Å². The van der Waals surface area contributed by atoms with Crippen LogP contribution in [0.25, 0.3) is 0 Å². The molecule has 1 N–H and O–H groups in total. The first-order chi connectivity index (χ1) is 12.1. The van der Waals surface area contributed by atoms with Crippen molar-refractivity contribution in [3.05, 3.63) is 82.4 Å². The summed E-state index contributed by atoms with van der Waals surface area (Å²) in [6, 6.07) is 15.9. The number of rotatable bonds is 6. The summed E-state index contributed by atoms with van der Waals surface area (Å²) in [4.78, 5) is 2.33. The first kappa shape index (κ1) is 18.5. The van der Waals surface area contributed by atoms with Crippen molar-refractivity contribution in [2.24, 2.45) is 0 Å². The molecular weight excluding hydrogens is 353 g/mol. The zero-order valence-corrected chi connectivity index (χ0v) is 15.6. The van der Waals surface area contributed by atoms with E-state index in [9.17, 15) is 5.11 Å². The summed E-state index contributed by atoms with van der Waals surface area (Å²) in [5.74, 6) is 0. The van der Waals surface area contributed by atoms with E-state index in [2.05, 4.69) is 11.5 Å². The fraction of sp³-hybridized carbons (Fsp3) is 0.333. The fourth-order valence-electron chi connectivity index (χ4n) is 3.71. The van der Waals surface area contributed by atoms with Gasteiger partial charge in [-0.1, -0.05) is 65.7 Å². The van der Waals surface area contributed by atoms with Crippen LogP contribution in [0.3, 0.4) is 0 Å². The maximum Gasteiger partial charge on any atom is 0.0777 e. The molecule has 25 heavy (non-hydrogen) atoms. The van der Waals surface area contributed by atoms with Gasteiger partial charge in [0, 0.05) is 12.5 Å².